The minimum absolute atomic E-state index is 0.746. The zero-order valence-electron chi connectivity index (χ0n) is 9.18. The summed E-state index contributed by atoms with van der Waals surface area (Å²) in [6.07, 6.45) is 3.90. The van der Waals surface area contributed by atoms with E-state index in [9.17, 15) is 0 Å². The number of methoxy groups -OCH3 is 1. The van der Waals surface area contributed by atoms with Crippen molar-refractivity contribution < 1.29 is 4.74 Å². The van der Waals surface area contributed by atoms with E-state index >= 15 is 0 Å². The van der Waals surface area contributed by atoms with Gasteiger partial charge in [0.05, 0.1) is 0 Å². The lowest BCUT2D eigenvalue weighted by Crippen LogP contribution is -2.34. The highest BCUT2D eigenvalue weighted by molar-refractivity contribution is 4.83. The largest absolute Gasteiger partial charge is 0.385 e. The van der Waals surface area contributed by atoms with Crippen LogP contribution < -0.4 is 5.32 Å². The standard InChI is InChI=1S/C11H23NO/c1-9(2)10(6-8-13-3)11-5-4-7-12-11/h9-12H,4-8H2,1-3H3. The Balaban J connectivity index is 2.36. The van der Waals surface area contributed by atoms with E-state index in [1.807, 2.05) is 0 Å². The van der Waals surface area contributed by atoms with E-state index in [1.165, 1.54) is 25.8 Å². The smallest absolute Gasteiger partial charge is 0.0465 e. The van der Waals surface area contributed by atoms with Crippen LogP contribution >= 0.6 is 0 Å². The van der Waals surface area contributed by atoms with Crippen LogP contribution in [-0.4, -0.2) is 26.3 Å². The summed E-state index contributed by atoms with van der Waals surface area (Å²) in [4.78, 5) is 0. The Hall–Kier alpha value is -0.0800. The molecule has 0 aromatic carbocycles. The van der Waals surface area contributed by atoms with Crippen molar-refractivity contribution >= 4 is 0 Å². The van der Waals surface area contributed by atoms with Crippen molar-refractivity contribution in [2.24, 2.45) is 11.8 Å². The van der Waals surface area contributed by atoms with Crippen LogP contribution in [0.2, 0.25) is 0 Å². The van der Waals surface area contributed by atoms with Crippen LogP contribution in [0.25, 0.3) is 0 Å². The van der Waals surface area contributed by atoms with Gasteiger partial charge in [0.2, 0.25) is 0 Å². The van der Waals surface area contributed by atoms with Crippen LogP contribution in [0.4, 0.5) is 0 Å². The van der Waals surface area contributed by atoms with E-state index in [1.54, 1.807) is 7.11 Å². The van der Waals surface area contributed by atoms with Crippen LogP contribution in [0.15, 0.2) is 0 Å². The van der Waals surface area contributed by atoms with E-state index in [2.05, 4.69) is 19.2 Å². The molecule has 0 saturated carbocycles. The zero-order chi connectivity index (χ0) is 9.68. The molecule has 1 saturated heterocycles. The summed E-state index contributed by atoms with van der Waals surface area (Å²) in [5.74, 6) is 1.56. The highest BCUT2D eigenvalue weighted by Gasteiger charge is 2.26. The molecule has 0 aromatic heterocycles. The third-order valence-corrected chi connectivity index (χ3v) is 3.13. The Labute approximate surface area is 82.0 Å². The van der Waals surface area contributed by atoms with Gasteiger partial charge in [0.15, 0.2) is 0 Å². The van der Waals surface area contributed by atoms with Crippen LogP contribution in [0, 0.1) is 11.8 Å². The maximum atomic E-state index is 5.15. The fraction of sp³-hybridized carbons (Fsp3) is 1.00. The molecule has 0 radical (unpaired) electrons. The first-order chi connectivity index (χ1) is 6.25. The maximum absolute atomic E-state index is 5.15. The Bertz CT molecular complexity index is 130. The van der Waals surface area contributed by atoms with Crippen LogP contribution in [0.1, 0.15) is 33.1 Å². The lowest BCUT2D eigenvalue weighted by Gasteiger charge is -2.27. The SMILES string of the molecule is COCCC(C(C)C)C1CCCN1. The minimum Gasteiger partial charge on any atom is -0.385 e. The van der Waals surface area contributed by atoms with Gasteiger partial charge in [0.1, 0.15) is 0 Å². The first-order valence-corrected chi connectivity index (χ1v) is 5.48. The summed E-state index contributed by atoms with van der Waals surface area (Å²) in [5.41, 5.74) is 0. The van der Waals surface area contributed by atoms with E-state index in [0.29, 0.717) is 0 Å². The molecule has 0 bridgehead atoms. The molecule has 1 rings (SSSR count). The Morgan fingerprint density at radius 1 is 1.46 bits per heavy atom. The fourth-order valence-electron chi connectivity index (χ4n) is 2.33. The first kappa shape index (κ1) is 11.0. The molecule has 78 valence electrons. The van der Waals surface area contributed by atoms with Gasteiger partial charge in [-0.05, 0) is 37.6 Å². The third kappa shape index (κ3) is 3.28. The van der Waals surface area contributed by atoms with Crippen molar-refractivity contribution in [3.63, 3.8) is 0 Å². The predicted molar refractivity (Wildman–Crippen MR) is 55.8 cm³/mol. The number of ether oxygens (including phenoxy) is 1. The monoisotopic (exact) mass is 185 g/mol. The molecule has 13 heavy (non-hydrogen) atoms. The van der Waals surface area contributed by atoms with Crippen LogP contribution in [0.3, 0.4) is 0 Å². The van der Waals surface area contributed by atoms with Gasteiger partial charge in [-0.25, -0.2) is 0 Å². The van der Waals surface area contributed by atoms with Crippen molar-refractivity contribution in [3.8, 4) is 0 Å². The molecule has 2 heteroatoms. The molecule has 2 atom stereocenters. The average Bonchev–Trinajstić information content (AvgIpc) is 2.57. The molecular formula is C11H23NO. The van der Waals surface area contributed by atoms with Gasteiger partial charge < -0.3 is 10.1 Å². The highest BCUT2D eigenvalue weighted by atomic mass is 16.5. The average molecular weight is 185 g/mol. The summed E-state index contributed by atoms with van der Waals surface area (Å²) >= 11 is 0. The molecule has 2 unspecified atom stereocenters. The van der Waals surface area contributed by atoms with Gasteiger partial charge in [-0.3, -0.25) is 0 Å². The summed E-state index contributed by atoms with van der Waals surface area (Å²) in [6, 6.07) is 0.746. The number of hydrogen-bond donors (Lipinski definition) is 1. The maximum Gasteiger partial charge on any atom is 0.0465 e. The van der Waals surface area contributed by atoms with Crippen molar-refractivity contribution in [2.45, 2.75) is 39.2 Å². The van der Waals surface area contributed by atoms with Crippen molar-refractivity contribution in [1.29, 1.82) is 0 Å². The third-order valence-electron chi connectivity index (χ3n) is 3.13. The molecule has 0 spiro atoms. The quantitative estimate of drug-likeness (QED) is 0.708. The van der Waals surface area contributed by atoms with Crippen LogP contribution in [-0.2, 0) is 4.74 Å². The van der Waals surface area contributed by atoms with Gasteiger partial charge >= 0.3 is 0 Å². The zero-order valence-corrected chi connectivity index (χ0v) is 9.18. The van der Waals surface area contributed by atoms with E-state index in [4.69, 9.17) is 4.74 Å². The second-order valence-corrected chi connectivity index (χ2v) is 4.39. The Morgan fingerprint density at radius 3 is 2.69 bits per heavy atom. The van der Waals surface area contributed by atoms with E-state index < -0.39 is 0 Å². The summed E-state index contributed by atoms with van der Waals surface area (Å²) in [5, 5.41) is 3.59. The van der Waals surface area contributed by atoms with Crippen molar-refractivity contribution in [3.05, 3.63) is 0 Å². The molecule has 1 aliphatic rings. The predicted octanol–water partition coefficient (Wildman–Crippen LogP) is 2.05. The molecule has 0 amide bonds. The lowest BCUT2D eigenvalue weighted by molar-refractivity contribution is 0.151. The summed E-state index contributed by atoms with van der Waals surface area (Å²) in [6.45, 7) is 6.75. The fourth-order valence-corrected chi connectivity index (χ4v) is 2.33. The topological polar surface area (TPSA) is 21.3 Å². The van der Waals surface area contributed by atoms with Crippen molar-refractivity contribution in [1.82, 2.24) is 5.32 Å². The van der Waals surface area contributed by atoms with Gasteiger partial charge in [-0.15, -0.1) is 0 Å². The van der Waals surface area contributed by atoms with Gasteiger partial charge in [0.25, 0.3) is 0 Å². The van der Waals surface area contributed by atoms with Gasteiger partial charge in [0, 0.05) is 19.8 Å². The molecule has 1 fully saturated rings. The van der Waals surface area contributed by atoms with Crippen molar-refractivity contribution in [2.75, 3.05) is 20.3 Å². The molecule has 0 aliphatic carbocycles. The van der Waals surface area contributed by atoms with E-state index in [-0.39, 0.29) is 0 Å². The summed E-state index contributed by atoms with van der Waals surface area (Å²) < 4.78 is 5.15. The normalized spacial score (nSPS) is 25.4. The molecule has 0 aromatic rings. The molecule has 1 N–H and O–H groups in total. The lowest BCUT2D eigenvalue weighted by atomic mass is 9.85. The molecule has 2 nitrogen and oxygen atoms in total. The van der Waals surface area contributed by atoms with E-state index in [0.717, 1.165) is 24.5 Å². The molecular weight excluding hydrogens is 162 g/mol. The molecule has 1 heterocycles. The number of rotatable bonds is 5. The van der Waals surface area contributed by atoms with Gasteiger partial charge in [-0.2, -0.15) is 0 Å². The number of hydrogen-bond acceptors (Lipinski definition) is 2. The second kappa shape index (κ2) is 5.61. The Kier molecular flexibility index (Phi) is 4.74. The Morgan fingerprint density at radius 2 is 2.23 bits per heavy atom. The summed E-state index contributed by atoms with van der Waals surface area (Å²) in [7, 11) is 1.79. The van der Waals surface area contributed by atoms with Crippen LogP contribution in [0.5, 0.6) is 0 Å². The minimum atomic E-state index is 0.746. The van der Waals surface area contributed by atoms with Gasteiger partial charge in [-0.1, -0.05) is 13.8 Å². The highest BCUT2D eigenvalue weighted by Crippen LogP contribution is 2.25. The first-order valence-electron chi connectivity index (χ1n) is 5.48. The second-order valence-electron chi connectivity index (χ2n) is 4.39. The molecule has 1 aliphatic heterocycles. The number of nitrogens with one attached hydrogen (secondary N) is 1.